The van der Waals surface area contributed by atoms with Gasteiger partial charge in [-0.15, -0.1) is 0 Å². The fourth-order valence-electron chi connectivity index (χ4n) is 5.49. The molecule has 3 aliphatic rings. The van der Waals surface area contributed by atoms with Crippen molar-refractivity contribution in [3.63, 3.8) is 0 Å². The minimum Gasteiger partial charge on any atom is -0.744 e. The van der Waals surface area contributed by atoms with Gasteiger partial charge in [0.15, 0.2) is 0 Å². The Balaban J connectivity index is 0.00000169. The zero-order chi connectivity index (χ0) is 16.4. The van der Waals surface area contributed by atoms with Crippen LogP contribution in [0, 0.1) is 17.3 Å². The molecule has 24 heavy (non-hydrogen) atoms. The van der Waals surface area contributed by atoms with E-state index in [1.165, 1.54) is 11.6 Å². The summed E-state index contributed by atoms with van der Waals surface area (Å²) >= 11 is 0. The quantitative estimate of drug-likeness (QED) is 0.525. The number of hydrogen-bond acceptors (Lipinski definition) is 4. The maximum atomic E-state index is 12.3. The van der Waals surface area contributed by atoms with Crippen molar-refractivity contribution in [3.8, 4) is 0 Å². The van der Waals surface area contributed by atoms with Crippen molar-refractivity contribution in [2.45, 2.75) is 56.3 Å². The summed E-state index contributed by atoms with van der Waals surface area (Å²) in [5.41, 5.74) is 2.07. The molecule has 0 unspecified atom stereocenters. The van der Waals surface area contributed by atoms with Gasteiger partial charge in [-0.1, -0.05) is 13.0 Å². The monoisotopic (exact) mass is 356 g/mol. The standard InChI is InChI=1S/C18H22O4S.Na/c1-18-9-8-14-13-5-3-12(23(20,21)22)10-11(13)2-4-15(14)16(18)6-7-17(18)19;/h3,5,10,14-16H,2,4,6-9H2,1H3,(H,20,21,22);/q;+1/p-1/t14-,15-,16+,18+;/m1./s1. The largest absolute Gasteiger partial charge is 1.00 e. The second-order valence-corrected chi connectivity index (χ2v) is 9.03. The first-order valence-corrected chi connectivity index (χ1v) is 9.83. The number of carbonyl (C=O) groups excluding carboxylic acids is 1. The number of Topliss-reactive ketones (excluding diaryl/α,β-unsaturated/α-hetero) is 1. The molecule has 0 N–H and O–H groups in total. The molecule has 3 aliphatic carbocycles. The number of benzene rings is 1. The van der Waals surface area contributed by atoms with Crippen LogP contribution in [0.25, 0.3) is 0 Å². The third-order valence-corrected chi connectivity index (χ3v) is 7.53. The Morgan fingerprint density at radius 2 is 1.92 bits per heavy atom. The van der Waals surface area contributed by atoms with Crippen molar-refractivity contribution in [2.24, 2.45) is 17.3 Å². The topological polar surface area (TPSA) is 74.3 Å². The number of hydrogen-bond donors (Lipinski definition) is 0. The molecule has 4 rings (SSSR count). The van der Waals surface area contributed by atoms with Gasteiger partial charge in [-0.05, 0) is 73.1 Å². The summed E-state index contributed by atoms with van der Waals surface area (Å²) < 4.78 is 33.7. The summed E-state index contributed by atoms with van der Waals surface area (Å²) in [6.45, 7) is 2.14. The van der Waals surface area contributed by atoms with Crippen LogP contribution >= 0.6 is 0 Å². The van der Waals surface area contributed by atoms with E-state index in [9.17, 15) is 17.8 Å². The van der Waals surface area contributed by atoms with Crippen LogP contribution in [0.1, 0.15) is 56.1 Å². The molecule has 0 radical (unpaired) electrons. The molecule has 124 valence electrons. The molecule has 1 aromatic carbocycles. The molecular formula is C18H21NaO4S. The molecule has 6 heteroatoms. The predicted molar refractivity (Wildman–Crippen MR) is 84.0 cm³/mol. The van der Waals surface area contributed by atoms with Gasteiger partial charge in [-0.2, -0.15) is 0 Å². The Morgan fingerprint density at radius 1 is 1.17 bits per heavy atom. The van der Waals surface area contributed by atoms with Crippen LogP contribution < -0.4 is 29.6 Å². The van der Waals surface area contributed by atoms with Gasteiger partial charge in [0.2, 0.25) is 0 Å². The van der Waals surface area contributed by atoms with E-state index in [1.54, 1.807) is 6.07 Å². The van der Waals surface area contributed by atoms with Gasteiger partial charge < -0.3 is 4.55 Å². The van der Waals surface area contributed by atoms with Gasteiger partial charge in [0.25, 0.3) is 0 Å². The first-order valence-electron chi connectivity index (χ1n) is 8.43. The van der Waals surface area contributed by atoms with Gasteiger partial charge in [-0.25, -0.2) is 8.42 Å². The molecule has 4 nitrogen and oxygen atoms in total. The zero-order valence-electron chi connectivity index (χ0n) is 14.2. The Kier molecular flexibility index (Phi) is 4.80. The molecule has 1 aromatic rings. The van der Waals surface area contributed by atoms with Crippen molar-refractivity contribution < 1.29 is 47.3 Å². The molecule has 0 bridgehead atoms. The smallest absolute Gasteiger partial charge is 0.744 e. The summed E-state index contributed by atoms with van der Waals surface area (Å²) in [6.07, 6.45) is 5.43. The third-order valence-electron chi connectivity index (χ3n) is 6.70. The second-order valence-electron chi connectivity index (χ2n) is 7.65. The molecule has 4 atom stereocenters. The van der Waals surface area contributed by atoms with E-state index in [1.807, 2.05) is 6.07 Å². The third kappa shape index (κ3) is 2.73. The molecule has 0 saturated heterocycles. The van der Waals surface area contributed by atoms with Gasteiger partial charge in [0.05, 0.1) is 4.90 Å². The summed E-state index contributed by atoms with van der Waals surface area (Å²) in [4.78, 5) is 12.2. The van der Waals surface area contributed by atoms with Crippen molar-refractivity contribution in [3.05, 3.63) is 29.3 Å². The molecule has 2 fully saturated rings. The molecular weight excluding hydrogens is 335 g/mol. The van der Waals surface area contributed by atoms with E-state index in [2.05, 4.69) is 6.92 Å². The fraction of sp³-hybridized carbons (Fsp3) is 0.611. The Morgan fingerprint density at radius 3 is 2.62 bits per heavy atom. The number of fused-ring (bicyclic) bond motifs is 5. The fourth-order valence-corrected chi connectivity index (χ4v) is 6.01. The van der Waals surface area contributed by atoms with Crippen LogP contribution in [0.4, 0.5) is 0 Å². The molecule has 2 saturated carbocycles. The van der Waals surface area contributed by atoms with Crippen LogP contribution in [0.2, 0.25) is 0 Å². The van der Waals surface area contributed by atoms with E-state index in [4.69, 9.17) is 0 Å². The van der Waals surface area contributed by atoms with Crippen molar-refractivity contribution >= 4 is 15.9 Å². The van der Waals surface area contributed by atoms with Crippen LogP contribution in [-0.4, -0.2) is 18.8 Å². The normalized spacial score (nSPS) is 34.8. The number of aryl methyl sites for hydroxylation is 1. The number of carbonyl (C=O) groups is 1. The van der Waals surface area contributed by atoms with Crippen LogP contribution in [0.5, 0.6) is 0 Å². The Labute approximate surface area is 165 Å². The molecule has 0 spiro atoms. The molecule has 0 heterocycles. The SMILES string of the molecule is C[C@]12CC[C@@H]3c4ccc(S(=O)(=O)[O-])cc4CC[C@H]3[C@@H]1CCC2=O.[Na+]. The van der Waals surface area contributed by atoms with Gasteiger partial charge in [-0.3, -0.25) is 4.79 Å². The second kappa shape index (κ2) is 6.20. The molecule has 0 aliphatic heterocycles. The van der Waals surface area contributed by atoms with Crippen molar-refractivity contribution in [1.29, 1.82) is 0 Å². The van der Waals surface area contributed by atoms with Crippen LogP contribution in [-0.2, 0) is 21.3 Å². The maximum absolute atomic E-state index is 12.3. The summed E-state index contributed by atoms with van der Waals surface area (Å²) in [6, 6.07) is 4.87. The minimum absolute atomic E-state index is 0. The predicted octanol–water partition coefficient (Wildman–Crippen LogP) is 0.0199. The number of rotatable bonds is 1. The van der Waals surface area contributed by atoms with E-state index in [0.29, 0.717) is 30.0 Å². The van der Waals surface area contributed by atoms with Gasteiger partial charge in [0, 0.05) is 11.8 Å². The zero-order valence-corrected chi connectivity index (χ0v) is 17.1. The van der Waals surface area contributed by atoms with E-state index < -0.39 is 10.1 Å². The van der Waals surface area contributed by atoms with Crippen molar-refractivity contribution in [2.75, 3.05) is 0 Å². The average Bonchev–Trinajstić information content (AvgIpc) is 2.81. The van der Waals surface area contributed by atoms with Gasteiger partial charge in [0.1, 0.15) is 15.9 Å². The Hall–Kier alpha value is -0.200. The summed E-state index contributed by atoms with van der Waals surface area (Å²) in [5, 5.41) is 0. The molecule has 0 amide bonds. The van der Waals surface area contributed by atoms with Crippen LogP contribution in [0.3, 0.4) is 0 Å². The first-order chi connectivity index (χ1) is 10.8. The summed E-state index contributed by atoms with van der Waals surface area (Å²) in [5.74, 6) is 1.82. The van der Waals surface area contributed by atoms with Crippen LogP contribution in [0.15, 0.2) is 23.1 Å². The van der Waals surface area contributed by atoms with Crippen molar-refractivity contribution in [1.82, 2.24) is 0 Å². The van der Waals surface area contributed by atoms with E-state index in [0.717, 1.165) is 37.7 Å². The van der Waals surface area contributed by atoms with E-state index >= 15 is 0 Å². The average molecular weight is 356 g/mol. The van der Waals surface area contributed by atoms with E-state index in [-0.39, 0.29) is 39.9 Å². The Bertz CT molecular complexity index is 788. The van der Waals surface area contributed by atoms with Gasteiger partial charge >= 0.3 is 29.6 Å². The first kappa shape index (κ1) is 18.6. The maximum Gasteiger partial charge on any atom is 1.00 e. The molecule has 0 aromatic heterocycles. The number of ketones is 1. The minimum atomic E-state index is -4.39. The summed E-state index contributed by atoms with van der Waals surface area (Å²) in [7, 11) is -4.39.